The van der Waals surface area contributed by atoms with Gasteiger partial charge < -0.3 is 10.1 Å². The van der Waals surface area contributed by atoms with Crippen molar-refractivity contribution in [3.63, 3.8) is 0 Å². The highest BCUT2D eigenvalue weighted by atomic mass is 16.5. The van der Waals surface area contributed by atoms with Gasteiger partial charge in [-0.2, -0.15) is 5.26 Å². The van der Waals surface area contributed by atoms with E-state index >= 15 is 0 Å². The molecule has 1 aromatic carbocycles. The highest BCUT2D eigenvalue weighted by Gasteiger charge is 2.48. The average Bonchev–Trinajstić information content (AvgIpc) is 2.70. The number of imide groups is 1. The van der Waals surface area contributed by atoms with E-state index in [1.165, 1.54) is 4.90 Å². The Balaban J connectivity index is 2.14. The molecule has 3 amide bonds. The largest absolute Gasteiger partial charge is 0.374 e. The Kier molecular flexibility index (Phi) is 4.44. The highest BCUT2D eigenvalue weighted by molar-refractivity contribution is 6.07. The minimum absolute atomic E-state index is 0.202. The molecule has 0 bridgehead atoms. The Bertz CT molecular complexity index is 655. The summed E-state index contributed by atoms with van der Waals surface area (Å²) in [5, 5.41) is 11.6. The molecule has 0 aromatic heterocycles. The third-order valence-electron chi connectivity index (χ3n) is 3.72. The average molecular weight is 315 g/mol. The molecule has 6 heteroatoms. The molecule has 1 aromatic rings. The number of nitriles is 1. The van der Waals surface area contributed by atoms with E-state index in [0.717, 1.165) is 0 Å². The second-order valence-corrected chi connectivity index (χ2v) is 6.66. The molecule has 6 nitrogen and oxygen atoms in total. The van der Waals surface area contributed by atoms with Gasteiger partial charge in [-0.25, -0.2) is 4.79 Å². The van der Waals surface area contributed by atoms with Crippen LogP contribution in [0.4, 0.5) is 4.79 Å². The standard InChI is InChI=1S/C17H21N3O3/c1-16(2,3)23-10-9-20-14(21)17(4,19-15(20)22)13-7-5-12(11-18)6-8-13/h5-8H,9-10H2,1-4H3,(H,19,22). The van der Waals surface area contributed by atoms with Gasteiger partial charge >= 0.3 is 6.03 Å². The number of carbonyl (C=O) groups excluding carboxylic acids is 2. The van der Waals surface area contributed by atoms with E-state index < -0.39 is 11.6 Å². The van der Waals surface area contributed by atoms with Crippen LogP contribution in [0.2, 0.25) is 0 Å². The lowest BCUT2D eigenvalue weighted by Gasteiger charge is -2.23. The fraction of sp³-hybridized carbons (Fsp3) is 0.471. The highest BCUT2D eigenvalue weighted by Crippen LogP contribution is 2.28. The summed E-state index contributed by atoms with van der Waals surface area (Å²) in [6.07, 6.45) is 0. The van der Waals surface area contributed by atoms with Crippen LogP contribution in [-0.2, 0) is 15.1 Å². The summed E-state index contributed by atoms with van der Waals surface area (Å²) in [5.74, 6) is -0.315. The number of nitrogens with zero attached hydrogens (tertiary/aromatic N) is 2. The molecule has 1 aliphatic rings. The van der Waals surface area contributed by atoms with Gasteiger partial charge in [0.15, 0.2) is 0 Å². The van der Waals surface area contributed by atoms with Crippen LogP contribution in [0.5, 0.6) is 0 Å². The van der Waals surface area contributed by atoms with E-state index in [1.807, 2.05) is 26.8 Å². The van der Waals surface area contributed by atoms with E-state index in [4.69, 9.17) is 10.00 Å². The first-order valence-corrected chi connectivity index (χ1v) is 7.46. The van der Waals surface area contributed by atoms with Gasteiger partial charge in [-0.1, -0.05) is 12.1 Å². The minimum atomic E-state index is -1.12. The zero-order chi connectivity index (χ0) is 17.3. The SMILES string of the molecule is CC(C)(C)OCCN1C(=O)NC(C)(c2ccc(C#N)cc2)C1=O. The first kappa shape index (κ1) is 17.0. The summed E-state index contributed by atoms with van der Waals surface area (Å²) >= 11 is 0. The van der Waals surface area contributed by atoms with Crippen molar-refractivity contribution in [2.45, 2.75) is 38.8 Å². The molecular weight excluding hydrogens is 294 g/mol. The van der Waals surface area contributed by atoms with Crippen molar-refractivity contribution >= 4 is 11.9 Å². The monoisotopic (exact) mass is 315 g/mol. The van der Waals surface area contributed by atoms with Gasteiger partial charge in [-0.05, 0) is 45.4 Å². The van der Waals surface area contributed by atoms with Gasteiger partial charge in [-0.15, -0.1) is 0 Å². The van der Waals surface area contributed by atoms with Crippen LogP contribution in [0, 0.1) is 11.3 Å². The lowest BCUT2D eigenvalue weighted by Crippen LogP contribution is -2.41. The van der Waals surface area contributed by atoms with Gasteiger partial charge in [0.05, 0.1) is 30.4 Å². The third kappa shape index (κ3) is 3.51. The molecule has 23 heavy (non-hydrogen) atoms. The predicted octanol–water partition coefficient (Wildman–Crippen LogP) is 2.14. The first-order valence-electron chi connectivity index (χ1n) is 7.46. The normalized spacial score (nSPS) is 21.3. The van der Waals surface area contributed by atoms with E-state index in [-0.39, 0.29) is 24.7 Å². The number of ether oxygens (including phenoxy) is 1. The van der Waals surface area contributed by atoms with Gasteiger partial charge in [0.1, 0.15) is 5.54 Å². The molecule has 1 fully saturated rings. The minimum Gasteiger partial charge on any atom is -0.374 e. The fourth-order valence-electron chi connectivity index (χ4n) is 2.42. The molecule has 1 heterocycles. The molecule has 1 unspecified atom stereocenters. The quantitative estimate of drug-likeness (QED) is 0.863. The maximum atomic E-state index is 12.7. The number of hydrogen-bond donors (Lipinski definition) is 1. The molecule has 0 aliphatic carbocycles. The smallest absolute Gasteiger partial charge is 0.325 e. The van der Waals surface area contributed by atoms with E-state index in [9.17, 15) is 9.59 Å². The molecule has 0 saturated carbocycles. The molecule has 0 radical (unpaired) electrons. The Labute approximate surface area is 136 Å². The molecule has 1 N–H and O–H groups in total. The van der Waals surface area contributed by atoms with Gasteiger partial charge in [0.2, 0.25) is 0 Å². The summed E-state index contributed by atoms with van der Waals surface area (Å²) in [4.78, 5) is 26.0. The summed E-state index contributed by atoms with van der Waals surface area (Å²) in [5.41, 5.74) is -0.290. The second-order valence-electron chi connectivity index (χ2n) is 6.66. The Morgan fingerprint density at radius 2 is 1.87 bits per heavy atom. The van der Waals surface area contributed by atoms with Crippen molar-refractivity contribution in [3.8, 4) is 6.07 Å². The number of rotatable bonds is 4. The summed E-state index contributed by atoms with van der Waals surface area (Å²) < 4.78 is 5.58. The topological polar surface area (TPSA) is 82.4 Å². The van der Waals surface area contributed by atoms with Crippen molar-refractivity contribution in [1.29, 1.82) is 5.26 Å². The van der Waals surface area contributed by atoms with Crippen LogP contribution >= 0.6 is 0 Å². The lowest BCUT2D eigenvalue weighted by atomic mass is 9.91. The summed E-state index contributed by atoms with van der Waals surface area (Å²) in [6, 6.07) is 8.23. The van der Waals surface area contributed by atoms with Crippen LogP contribution < -0.4 is 5.32 Å². The number of amides is 3. The molecular formula is C17H21N3O3. The summed E-state index contributed by atoms with van der Waals surface area (Å²) in [6.45, 7) is 7.90. The lowest BCUT2D eigenvalue weighted by molar-refractivity contribution is -0.132. The van der Waals surface area contributed by atoms with Crippen molar-refractivity contribution in [2.24, 2.45) is 0 Å². The van der Waals surface area contributed by atoms with E-state index in [2.05, 4.69) is 5.32 Å². The van der Waals surface area contributed by atoms with Crippen molar-refractivity contribution in [1.82, 2.24) is 10.2 Å². The molecule has 122 valence electrons. The van der Waals surface area contributed by atoms with Crippen molar-refractivity contribution in [3.05, 3.63) is 35.4 Å². The zero-order valence-corrected chi connectivity index (χ0v) is 13.8. The molecule has 2 rings (SSSR count). The predicted molar refractivity (Wildman–Crippen MR) is 84.5 cm³/mol. The number of carbonyl (C=O) groups is 2. The molecule has 1 aliphatic heterocycles. The number of nitrogens with one attached hydrogen (secondary N) is 1. The van der Waals surface area contributed by atoms with Crippen LogP contribution in [-0.4, -0.2) is 35.6 Å². The van der Waals surface area contributed by atoms with Gasteiger partial charge in [0.25, 0.3) is 5.91 Å². The maximum Gasteiger partial charge on any atom is 0.325 e. The van der Waals surface area contributed by atoms with Crippen LogP contribution in [0.3, 0.4) is 0 Å². The number of benzene rings is 1. The molecule has 1 saturated heterocycles. The van der Waals surface area contributed by atoms with Gasteiger partial charge in [0, 0.05) is 0 Å². The van der Waals surface area contributed by atoms with E-state index in [1.54, 1.807) is 31.2 Å². The van der Waals surface area contributed by atoms with Crippen LogP contribution in [0.15, 0.2) is 24.3 Å². The van der Waals surface area contributed by atoms with Crippen molar-refractivity contribution < 1.29 is 14.3 Å². The first-order chi connectivity index (χ1) is 10.7. The Morgan fingerprint density at radius 1 is 1.26 bits per heavy atom. The number of urea groups is 1. The van der Waals surface area contributed by atoms with Crippen molar-refractivity contribution in [2.75, 3.05) is 13.2 Å². The molecule has 1 atom stereocenters. The molecule has 0 spiro atoms. The zero-order valence-electron chi connectivity index (χ0n) is 13.8. The second kappa shape index (κ2) is 6.01. The summed E-state index contributed by atoms with van der Waals surface area (Å²) in [7, 11) is 0. The van der Waals surface area contributed by atoms with E-state index in [0.29, 0.717) is 11.1 Å². The third-order valence-corrected chi connectivity index (χ3v) is 3.72. The Hall–Kier alpha value is -2.39. The van der Waals surface area contributed by atoms with Gasteiger partial charge in [-0.3, -0.25) is 9.69 Å². The maximum absolute atomic E-state index is 12.7. The fourth-order valence-corrected chi connectivity index (χ4v) is 2.42. The number of hydrogen-bond acceptors (Lipinski definition) is 4. The van der Waals surface area contributed by atoms with Crippen LogP contribution in [0.25, 0.3) is 0 Å². The van der Waals surface area contributed by atoms with Crippen LogP contribution in [0.1, 0.15) is 38.8 Å². The Morgan fingerprint density at radius 3 is 2.39 bits per heavy atom.